The summed E-state index contributed by atoms with van der Waals surface area (Å²) >= 11 is 0. The molecule has 2 aromatic rings. The summed E-state index contributed by atoms with van der Waals surface area (Å²) in [6.07, 6.45) is 13.2. The lowest BCUT2D eigenvalue weighted by atomic mass is 9.80. The molecule has 0 heterocycles. The molecule has 0 aromatic heterocycles. The molecule has 2 saturated carbocycles. The molecule has 4 rings (SSSR count). The summed E-state index contributed by atoms with van der Waals surface area (Å²) in [5, 5.41) is 0. The van der Waals surface area contributed by atoms with Gasteiger partial charge in [0.25, 0.3) is 0 Å². The van der Waals surface area contributed by atoms with Gasteiger partial charge in [0.2, 0.25) is 0 Å². The smallest absolute Gasteiger partial charge is 0.141 e. The molecule has 0 unspecified atom stereocenters. The van der Waals surface area contributed by atoms with E-state index in [0.29, 0.717) is 23.0 Å². The minimum Gasteiger partial charge on any atom is -0.207 e. The highest BCUT2D eigenvalue weighted by Gasteiger charge is 2.19. The number of benzene rings is 2. The average molecular weight is 511 g/mol. The highest BCUT2D eigenvalue weighted by Crippen LogP contribution is 2.31. The Morgan fingerprint density at radius 1 is 0.622 bits per heavy atom. The summed E-state index contributed by atoms with van der Waals surface area (Å²) in [6.45, 7) is 4.45. The van der Waals surface area contributed by atoms with E-state index in [1.54, 1.807) is 0 Å². The largest absolute Gasteiger partial charge is 0.207 e. The lowest BCUT2D eigenvalue weighted by Crippen LogP contribution is -2.13. The molecule has 0 nitrogen and oxygen atoms in total. The van der Waals surface area contributed by atoms with Crippen molar-refractivity contribution in [3.63, 3.8) is 0 Å². The normalized spacial score (nSPS) is 23.0. The molecule has 0 radical (unpaired) electrons. The van der Waals surface area contributed by atoms with Crippen molar-refractivity contribution in [1.29, 1.82) is 0 Å². The van der Waals surface area contributed by atoms with Gasteiger partial charge in [0, 0.05) is 24.0 Å². The van der Waals surface area contributed by atoms with Crippen LogP contribution in [0.15, 0.2) is 36.4 Å². The Balaban J connectivity index is 0.000000206. The molecule has 0 bridgehead atoms. The predicted octanol–water partition coefficient (Wildman–Crippen LogP) is 9.46. The zero-order valence-electron chi connectivity index (χ0n) is 22.1. The van der Waals surface area contributed by atoms with Crippen LogP contribution in [0, 0.1) is 70.6 Å². The van der Waals surface area contributed by atoms with Gasteiger partial charge in [-0.1, -0.05) is 56.8 Å². The quantitative estimate of drug-likeness (QED) is 0.285. The van der Waals surface area contributed by atoms with Gasteiger partial charge in [-0.05, 0) is 87.5 Å². The van der Waals surface area contributed by atoms with E-state index in [1.165, 1.54) is 69.2 Å². The second-order valence-electron chi connectivity index (χ2n) is 10.4. The first-order chi connectivity index (χ1) is 17.9. The third kappa shape index (κ3) is 9.59. The highest BCUT2D eigenvalue weighted by atomic mass is 19.1. The number of hydrogen-bond donors (Lipinski definition) is 0. The molecule has 37 heavy (non-hydrogen) atoms. The first-order valence-corrected chi connectivity index (χ1v) is 13.8. The van der Waals surface area contributed by atoms with Crippen LogP contribution in [0.1, 0.15) is 95.6 Å². The summed E-state index contributed by atoms with van der Waals surface area (Å²) in [6, 6.07) is 7.11. The monoisotopic (exact) mass is 510 g/mol. The molecule has 198 valence electrons. The molecule has 0 N–H and O–H groups in total. The summed E-state index contributed by atoms with van der Waals surface area (Å²) < 4.78 is 52.3. The van der Waals surface area contributed by atoms with Crippen LogP contribution < -0.4 is 0 Å². The van der Waals surface area contributed by atoms with E-state index in [-0.39, 0.29) is 0 Å². The van der Waals surface area contributed by atoms with Gasteiger partial charge in [-0.25, -0.2) is 17.6 Å². The van der Waals surface area contributed by atoms with E-state index in [0.717, 1.165) is 49.7 Å². The lowest BCUT2D eigenvalue weighted by Gasteiger charge is -2.25. The average Bonchev–Trinajstić information content (AvgIpc) is 2.89. The van der Waals surface area contributed by atoms with Gasteiger partial charge in [0.1, 0.15) is 23.3 Å². The molecular weight excluding hydrogens is 472 g/mol. The second kappa shape index (κ2) is 14.9. The third-order valence-corrected chi connectivity index (χ3v) is 7.65. The molecule has 2 aliphatic rings. The maximum Gasteiger partial charge on any atom is 0.141 e. The summed E-state index contributed by atoms with van der Waals surface area (Å²) in [7, 11) is 0. The van der Waals surface area contributed by atoms with Crippen LogP contribution in [0.2, 0.25) is 0 Å². The molecule has 4 heteroatoms. The van der Waals surface area contributed by atoms with Crippen LogP contribution in [0.3, 0.4) is 0 Å². The van der Waals surface area contributed by atoms with Gasteiger partial charge < -0.3 is 0 Å². The Hall–Kier alpha value is -2.72. The minimum absolute atomic E-state index is 0.300. The van der Waals surface area contributed by atoms with Crippen molar-refractivity contribution >= 4 is 0 Å². The van der Waals surface area contributed by atoms with Crippen LogP contribution in [-0.4, -0.2) is 0 Å². The molecule has 0 spiro atoms. The Morgan fingerprint density at radius 2 is 1.05 bits per heavy atom. The van der Waals surface area contributed by atoms with E-state index >= 15 is 0 Å². The standard InChI is InChI=1S/C17H20F2.C16H18F2/c1-2-3-13-4-6-14(7-5-13)8-9-15-10-11-16(18)12-17(15)19;1-2-12-3-5-13(6-4-12)7-8-14-9-10-15(17)11-16(14)18/h10-14H,2-7H2,1H3;9-13H,2-6H2,1H3/t13-,14-;12-,13-. The number of halogens is 4. The predicted molar refractivity (Wildman–Crippen MR) is 143 cm³/mol. The van der Waals surface area contributed by atoms with Crippen LogP contribution in [0.4, 0.5) is 17.6 Å². The van der Waals surface area contributed by atoms with Gasteiger partial charge in [-0.3, -0.25) is 0 Å². The van der Waals surface area contributed by atoms with Crippen molar-refractivity contribution in [2.45, 2.75) is 84.5 Å². The Kier molecular flexibility index (Phi) is 11.6. The number of rotatable bonds is 3. The Labute approximate surface area is 220 Å². The maximum absolute atomic E-state index is 13.4. The van der Waals surface area contributed by atoms with Crippen molar-refractivity contribution < 1.29 is 17.6 Å². The zero-order valence-corrected chi connectivity index (χ0v) is 22.1. The van der Waals surface area contributed by atoms with Gasteiger partial charge in [0.15, 0.2) is 0 Å². The van der Waals surface area contributed by atoms with Crippen molar-refractivity contribution in [3.05, 3.63) is 70.8 Å². The Bertz CT molecular complexity index is 1110. The molecule has 2 aromatic carbocycles. The molecule has 0 saturated heterocycles. The SMILES string of the molecule is CCC[C@H]1CC[C@H](C#Cc2ccc(F)cc2F)CC1.CC[C@H]1CC[C@H](C#Cc2ccc(F)cc2F)CC1. The van der Waals surface area contributed by atoms with E-state index in [9.17, 15) is 17.6 Å². The van der Waals surface area contributed by atoms with Gasteiger partial charge in [0.05, 0.1) is 11.1 Å². The van der Waals surface area contributed by atoms with Crippen molar-refractivity contribution in [2.75, 3.05) is 0 Å². The molecule has 0 aliphatic heterocycles. The highest BCUT2D eigenvalue weighted by molar-refractivity contribution is 5.37. The fraction of sp³-hybridized carbons (Fsp3) is 0.515. The van der Waals surface area contributed by atoms with Gasteiger partial charge in [-0.2, -0.15) is 0 Å². The molecule has 0 atom stereocenters. The first kappa shape index (κ1) is 28.8. The van der Waals surface area contributed by atoms with Crippen molar-refractivity contribution in [2.24, 2.45) is 23.7 Å². The molecule has 0 amide bonds. The fourth-order valence-electron chi connectivity index (χ4n) is 5.26. The summed E-state index contributed by atoms with van der Waals surface area (Å²) in [5.74, 6) is 12.2. The topological polar surface area (TPSA) is 0 Å². The molecule has 2 fully saturated rings. The molecular formula is C33H38F4. The summed E-state index contributed by atoms with van der Waals surface area (Å²) in [5.41, 5.74) is 0.603. The van der Waals surface area contributed by atoms with Crippen LogP contribution in [0.25, 0.3) is 0 Å². The fourth-order valence-corrected chi connectivity index (χ4v) is 5.26. The maximum atomic E-state index is 13.4. The van der Waals surface area contributed by atoms with Crippen LogP contribution >= 0.6 is 0 Å². The van der Waals surface area contributed by atoms with E-state index in [1.807, 2.05) is 0 Å². The van der Waals surface area contributed by atoms with Crippen molar-refractivity contribution in [1.82, 2.24) is 0 Å². The number of hydrogen-bond acceptors (Lipinski definition) is 0. The lowest BCUT2D eigenvalue weighted by molar-refractivity contribution is 0.300. The van der Waals surface area contributed by atoms with Crippen LogP contribution in [-0.2, 0) is 0 Å². The van der Waals surface area contributed by atoms with E-state index < -0.39 is 23.3 Å². The van der Waals surface area contributed by atoms with E-state index in [2.05, 4.69) is 37.5 Å². The first-order valence-electron chi connectivity index (χ1n) is 13.8. The van der Waals surface area contributed by atoms with Crippen LogP contribution in [0.5, 0.6) is 0 Å². The zero-order chi connectivity index (χ0) is 26.6. The summed E-state index contributed by atoms with van der Waals surface area (Å²) in [4.78, 5) is 0. The second-order valence-corrected chi connectivity index (χ2v) is 10.4. The minimum atomic E-state index is -0.565. The van der Waals surface area contributed by atoms with E-state index in [4.69, 9.17) is 0 Å². The van der Waals surface area contributed by atoms with Gasteiger partial charge in [-0.15, -0.1) is 0 Å². The van der Waals surface area contributed by atoms with Gasteiger partial charge >= 0.3 is 0 Å². The third-order valence-electron chi connectivity index (χ3n) is 7.65. The molecule has 2 aliphatic carbocycles. The van der Waals surface area contributed by atoms with Crippen molar-refractivity contribution in [3.8, 4) is 23.7 Å². The Morgan fingerprint density at radius 3 is 1.43 bits per heavy atom.